The molecule has 1 aromatic heterocycles. The molecular formula is C16H19N3OS3. The lowest BCUT2D eigenvalue weighted by Gasteiger charge is -2.20. The molecule has 4 nitrogen and oxygen atoms in total. The Morgan fingerprint density at radius 3 is 2.83 bits per heavy atom. The van der Waals surface area contributed by atoms with Gasteiger partial charge in [0.05, 0.1) is 16.0 Å². The van der Waals surface area contributed by atoms with Crippen molar-refractivity contribution in [3.63, 3.8) is 0 Å². The van der Waals surface area contributed by atoms with Gasteiger partial charge in [0.1, 0.15) is 4.32 Å². The van der Waals surface area contributed by atoms with Gasteiger partial charge >= 0.3 is 0 Å². The van der Waals surface area contributed by atoms with Crippen LogP contribution in [0.1, 0.15) is 19.8 Å². The highest BCUT2D eigenvalue weighted by Gasteiger charge is 2.21. The Kier molecular flexibility index (Phi) is 5.50. The van der Waals surface area contributed by atoms with Gasteiger partial charge in [-0.3, -0.25) is 9.69 Å². The number of para-hydroxylation sites is 1. The van der Waals surface area contributed by atoms with Crippen LogP contribution in [0.3, 0.4) is 0 Å². The van der Waals surface area contributed by atoms with E-state index < -0.39 is 0 Å². The lowest BCUT2D eigenvalue weighted by molar-refractivity contribution is -0.116. The fourth-order valence-electron chi connectivity index (χ4n) is 2.59. The largest absolute Gasteiger partial charge is 0.358 e. The van der Waals surface area contributed by atoms with Gasteiger partial charge in [0.15, 0.2) is 5.13 Å². The molecule has 1 fully saturated rings. The highest BCUT2D eigenvalue weighted by molar-refractivity contribution is 8.23. The van der Waals surface area contributed by atoms with E-state index in [4.69, 9.17) is 12.2 Å². The smallest absolute Gasteiger partial charge is 0.239 e. The van der Waals surface area contributed by atoms with Crippen LogP contribution in [0.25, 0.3) is 10.2 Å². The van der Waals surface area contributed by atoms with E-state index in [1.807, 2.05) is 31.2 Å². The van der Waals surface area contributed by atoms with Crippen molar-refractivity contribution in [2.24, 2.45) is 0 Å². The van der Waals surface area contributed by atoms with Crippen LogP contribution in [0.4, 0.5) is 5.13 Å². The fraction of sp³-hybridized carbons (Fsp3) is 0.438. The van der Waals surface area contributed by atoms with Crippen LogP contribution in [-0.2, 0) is 4.79 Å². The molecule has 0 atom stereocenters. The summed E-state index contributed by atoms with van der Waals surface area (Å²) in [7, 11) is 0. The standard InChI is InChI=1S/C16H19N3OS3/c1-2-19(15-17-12-7-3-4-8-13(12)23-15)14(20)11-22-16(21)18-9-5-6-10-18/h3-4,7-8H,2,5-6,9-11H2,1H3. The molecule has 3 rings (SSSR count). The van der Waals surface area contributed by atoms with Crippen LogP contribution in [0.5, 0.6) is 0 Å². The van der Waals surface area contributed by atoms with Gasteiger partial charge in [0, 0.05) is 19.6 Å². The highest BCUT2D eigenvalue weighted by Crippen LogP contribution is 2.29. The SMILES string of the molecule is CCN(C(=O)CSC(=S)N1CCCC1)c1nc2ccccc2s1. The number of hydrogen-bond donors (Lipinski definition) is 0. The van der Waals surface area contributed by atoms with E-state index in [2.05, 4.69) is 9.88 Å². The van der Waals surface area contributed by atoms with Crippen molar-refractivity contribution in [1.82, 2.24) is 9.88 Å². The minimum atomic E-state index is 0.0677. The molecule has 23 heavy (non-hydrogen) atoms. The van der Waals surface area contributed by atoms with Crippen molar-refractivity contribution in [2.75, 3.05) is 30.3 Å². The molecule has 0 saturated carbocycles. The molecule has 1 saturated heterocycles. The molecule has 0 unspecified atom stereocenters. The summed E-state index contributed by atoms with van der Waals surface area (Å²) in [5.74, 6) is 0.442. The summed E-state index contributed by atoms with van der Waals surface area (Å²) < 4.78 is 1.95. The second-order valence-electron chi connectivity index (χ2n) is 5.35. The van der Waals surface area contributed by atoms with E-state index in [0.29, 0.717) is 12.3 Å². The summed E-state index contributed by atoms with van der Waals surface area (Å²) in [6, 6.07) is 7.97. The Bertz CT molecular complexity index is 676. The number of benzene rings is 1. The molecule has 0 bridgehead atoms. The second-order valence-corrected chi connectivity index (χ2v) is 7.97. The minimum Gasteiger partial charge on any atom is -0.358 e. The van der Waals surface area contributed by atoms with Crippen molar-refractivity contribution < 1.29 is 4.79 Å². The van der Waals surface area contributed by atoms with Crippen LogP contribution in [0.15, 0.2) is 24.3 Å². The number of likely N-dealkylation sites (tertiary alicyclic amines) is 1. The first-order chi connectivity index (χ1) is 11.2. The van der Waals surface area contributed by atoms with Gasteiger partial charge < -0.3 is 4.90 Å². The van der Waals surface area contributed by atoms with Gasteiger partial charge in [-0.2, -0.15) is 0 Å². The van der Waals surface area contributed by atoms with E-state index in [1.165, 1.54) is 24.6 Å². The number of nitrogens with zero attached hydrogens (tertiary/aromatic N) is 3. The normalized spacial score (nSPS) is 14.4. The second kappa shape index (κ2) is 7.59. The Morgan fingerprint density at radius 2 is 2.13 bits per heavy atom. The molecule has 1 amide bonds. The summed E-state index contributed by atoms with van der Waals surface area (Å²) in [4.78, 5) is 21.1. The Balaban J connectivity index is 1.65. The minimum absolute atomic E-state index is 0.0677. The molecule has 0 aliphatic carbocycles. The van der Waals surface area contributed by atoms with E-state index >= 15 is 0 Å². The van der Waals surface area contributed by atoms with Crippen LogP contribution < -0.4 is 4.90 Å². The van der Waals surface area contributed by atoms with Gasteiger partial charge in [-0.25, -0.2) is 4.98 Å². The lowest BCUT2D eigenvalue weighted by atomic mass is 10.3. The average molecular weight is 366 g/mol. The number of carbonyl (C=O) groups is 1. The molecule has 0 radical (unpaired) electrons. The topological polar surface area (TPSA) is 36.4 Å². The van der Waals surface area contributed by atoms with Crippen molar-refractivity contribution in [1.29, 1.82) is 0 Å². The number of thiazole rings is 1. The predicted molar refractivity (Wildman–Crippen MR) is 104 cm³/mol. The van der Waals surface area contributed by atoms with Gasteiger partial charge in [-0.05, 0) is 31.9 Å². The van der Waals surface area contributed by atoms with Crippen molar-refractivity contribution >= 4 is 60.9 Å². The molecule has 0 N–H and O–H groups in total. The number of carbonyl (C=O) groups excluding carboxylic acids is 1. The maximum Gasteiger partial charge on any atom is 0.239 e. The lowest BCUT2D eigenvalue weighted by Crippen LogP contribution is -2.33. The van der Waals surface area contributed by atoms with Gasteiger partial charge in [0.25, 0.3) is 0 Å². The van der Waals surface area contributed by atoms with Crippen molar-refractivity contribution in [3.05, 3.63) is 24.3 Å². The zero-order valence-corrected chi connectivity index (χ0v) is 15.5. The van der Waals surface area contributed by atoms with Crippen LogP contribution in [0.2, 0.25) is 0 Å². The van der Waals surface area contributed by atoms with Gasteiger partial charge in [-0.15, -0.1) is 0 Å². The first-order valence-electron chi connectivity index (χ1n) is 7.76. The maximum atomic E-state index is 12.6. The summed E-state index contributed by atoms with van der Waals surface area (Å²) >= 11 is 8.46. The third kappa shape index (κ3) is 3.84. The summed E-state index contributed by atoms with van der Waals surface area (Å²) in [5.41, 5.74) is 0.944. The monoisotopic (exact) mass is 365 g/mol. The number of hydrogen-bond acceptors (Lipinski definition) is 5. The summed E-state index contributed by atoms with van der Waals surface area (Å²) in [5, 5.41) is 0.770. The number of amides is 1. The van der Waals surface area contributed by atoms with Crippen LogP contribution in [-0.4, -0.2) is 45.5 Å². The third-order valence-corrected chi connectivity index (χ3v) is 6.38. The Hall–Kier alpha value is -1.18. The molecule has 0 spiro atoms. The molecule has 1 aliphatic rings. The molecule has 2 aromatic rings. The summed E-state index contributed by atoms with van der Waals surface area (Å²) in [6.45, 7) is 4.65. The van der Waals surface area contributed by atoms with Crippen LogP contribution >= 0.6 is 35.3 Å². The molecule has 2 heterocycles. The molecule has 7 heteroatoms. The first-order valence-corrected chi connectivity index (χ1v) is 9.97. The van der Waals surface area contributed by atoms with Gasteiger partial charge in [-0.1, -0.05) is 47.4 Å². The zero-order valence-electron chi connectivity index (χ0n) is 13.0. The number of fused-ring (bicyclic) bond motifs is 1. The molecule has 122 valence electrons. The zero-order chi connectivity index (χ0) is 16.2. The van der Waals surface area contributed by atoms with E-state index in [1.54, 1.807) is 16.2 Å². The molecule has 1 aromatic carbocycles. The van der Waals surface area contributed by atoms with Crippen LogP contribution in [0, 0.1) is 0 Å². The van der Waals surface area contributed by atoms with E-state index in [9.17, 15) is 4.79 Å². The summed E-state index contributed by atoms with van der Waals surface area (Å²) in [6.07, 6.45) is 2.39. The van der Waals surface area contributed by atoms with Gasteiger partial charge in [0.2, 0.25) is 5.91 Å². The van der Waals surface area contributed by atoms with Crippen molar-refractivity contribution in [2.45, 2.75) is 19.8 Å². The predicted octanol–water partition coefficient (Wildman–Crippen LogP) is 3.76. The number of aromatic nitrogens is 1. The number of thiocarbonyl (C=S) groups is 1. The molecule has 1 aliphatic heterocycles. The van der Waals surface area contributed by atoms with E-state index in [0.717, 1.165) is 32.8 Å². The van der Waals surface area contributed by atoms with Crippen molar-refractivity contribution in [3.8, 4) is 0 Å². The third-order valence-electron chi connectivity index (χ3n) is 3.81. The fourth-order valence-corrected chi connectivity index (χ4v) is 4.76. The first kappa shape index (κ1) is 16.7. The number of anilines is 1. The quantitative estimate of drug-likeness (QED) is 0.771. The van der Waals surface area contributed by atoms with E-state index in [-0.39, 0.29) is 5.91 Å². The highest BCUT2D eigenvalue weighted by atomic mass is 32.2. The maximum absolute atomic E-state index is 12.6. The number of rotatable bonds is 4. The Labute approximate surface area is 149 Å². The molecular weight excluding hydrogens is 346 g/mol. The Morgan fingerprint density at radius 1 is 1.39 bits per heavy atom. The average Bonchev–Trinajstić information content (AvgIpc) is 3.22. The number of thioether (sulfide) groups is 1.